The summed E-state index contributed by atoms with van der Waals surface area (Å²) in [5.74, 6) is 0.847. The first kappa shape index (κ1) is 16.5. The van der Waals surface area contributed by atoms with Crippen LogP contribution in [0.1, 0.15) is 44.9 Å². The molecule has 4 atom stereocenters. The lowest BCUT2D eigenvalue weighted by Crippen LogP contribution is -2.64. The van der Waals surface area contributed by atoms with Gasteiger partial charge in [-0.3, -0.25) is 14.4 Å². The molecule has 0 aromatic rings. The molecule has 2 aliphatic carbocycles. The Kier molecular flexibility index (Phi) is 3.95. The van der Waals surface area contributed by atoms with Gasteiger partial charge >= 0.3 is 0 Å². The molecule has 3 amide bonds. The molecular weight excluding hydrogens is 334 g/mol. The fourth-order valence-electron chi connectivity index (χ4n) is 4.78. The maximum absolute atomic E-state index is 13.1. The molecule has 1 N–H and O–H groups in total. The zero-order valence-corrected chi connectivity index (χ0v) is 15.1. The van der Waals surface area contributed by atoms with Crippen molar-refractivity contribution in [2.24, 2.45) is 11.8 Å². The second-order valence-electron chi connectivity index (χ2n) is 8.65. The van der Waals surface area contributed by atoms with E-state index in [1.807, 2.05) is 0 Å². The van der Waals surface area contributed by atoms with Gasteiger partial charge in [-0.15, -0.1) is 0 Å². The van der Waals surface area contributed by atoms with Crippen LogP contribution in [0.25, 0.3) is 0 Å². The summed E-state index contributed by atoms with van der Waals surface area (Å²) < 4.78 is 5.95. The van der Waals surface area contributed by atoms with Gasteiger partial charge in [0.25, 0.3) is 0 Å². The van der Waals surface area contributed by atoms with Gasteiger partial charge in [-0.1, -0.05) is 6.42 Å². The minimum absolute atomic E-state index is 0.0106. The fourth-order valence-corrected chi connectivity index (χ4v) is 4.78. The lowest BCUT2D eigenvalue weighted by molar-refractivity contribution is -0.157. The van der Waals surface area contributed by atoms with E-state index in [0.29, 0.717) is 31.8 Å². The van der Waals surface area contributed by atoms with Gasteiger partial charge in [0.2, 0.25) is 17.7 Å². The molecule has 3 saturated heterocycles. The molecule has 5 rings (SSSR count). The topological polar surface area (TPSA) is 79.0 Å². The van der Waals surface area contributed by atoms with Crippen LogP contribution >= 0.6 is 0 Å². The minimum Gasteiger partial charge on any atom is -0.376 e. The van der Waals surface area contributed by atoms with Crippen molar-refractivity contribution in [3.63, 3.8) is 0 Å². The second kappa shape index (κ2) is 6.22. The van der Waals surface area contributed by atoms with Gasteiger partial charge in [-0.05, 0) is 38.0 Å². The molecule has 0 aromatic carbocycles. The number of rotatable bonds is 5. The highest BCUT2D eigenvalue weighted by molar-refractivity contribution is 5.99. The van der Waals surface area contributed by atoms with E-state index >= 15 is 0 Å². The summed E-state index contributed by atoms with van der Waals surface area (Å²) in [6.45, 7) is 1.82. The number of nitrogens with one attached hydrogen (secondary N) is 1. The summed E-state index contributed by atoms with van der Waals surface area (Å²) in [5, 5.41) is 3.06. The van der Waals surface area contributed by atoms with Crippen molar-refractivity contribution in [3.05, 3.63) is 0 Å². The molecule has 7 nitrogen and oxygen atoms in total. The van der Waals surface area contributed by atoms with E-state index in [1.165, 1.54) is 12.8 Å². The van der Waals surface area contributed by atoms with E-state index in [0.717, 1.165) is 25.9 Å². The van der Waals surface area contributed by atoms with Gasteiger partial charge in [0, 0.05) is 32.0 Å². The van der Waals surface area contributed by atoms with Gasteiger partial charge in [0.1, 0.15) is 12.1 Å². The van der Waals surface area contributed by atoms with Crippen LogP contribution in [0.2, 0.25) is 0 Å². The molecule has 5 aliphatic rings. The molecule has 0 aromatic heterocycles. The second-order valence-corrected chi connectivity index (χ2v) is 8.65. The van der Waals surface area contributed by atoms with Gasteiger partial charge in [0.05, 0.1) is 12.1 Å². The molecule has 26 heavy (non-hydrogen) atoms. The molecule has 3 heterocycles. The summed E-state index contributed by atoms with van der Waals surface area (Å²) in [6, 6.07) is -1.14. The monoisotopic (exact) mass is 361 g/mol. The van der Waals surface area contributed by atoms with E-state index in [2.05, 4.69) is 5.32 Å². The number of amides is 3. The average molecular weight is 361 g/mol. The Morgan fingerprint density at radius 2 is 1.88 bits per heavy atom. The number of fused-ring (bicyclic) bond motifs is 2. The van der Waals surface area contributed by atoms with Gasteiger partial charge in [0.15, 0.2) is 0 Å². The molecule has 142 valence electrons. The smallest absolute Gasteiger partial charge is 0.248 e. The fraction of sp³-hybridized carbons (Fsp3) is 0.842. The number of carbonyl (C=O) groups is 3. The van der Waals surface area contributed by atoms with E-state index < -0.39 is 6.04 Å². The Hall–Kier alpha value is -1.63. The van der Waals surface area contributed by atoms with Crippen molar-refractivity contribution in [1.82, 2.24) is 15.1 Å². The number of hydrogen-bond acceptors (Lipinski definition) is 4. The predicted octanol–water partition coefficient (Wildman–Crippen LogP) is 0.282. The number of carbonyl (C=O) groups excluding carboxylic acids is 3. The number of piperazine rings is 1. The molecule has 3 aliphatic heterocycles. The number of hydrogen-bond donors (Lipinski definition) is 1. The standard InChI is InChI=1S/C19H27N3O4/c23-17(12-2-1-3-12)20-14-6-7-21-16(14)19(25)22-9-13(8-15(22)18(21)24)26-10-11-4-5-11/h11-16H,1-10H2,(H,20,23). The highest BCUT2D eigenvalue weighted by Gasteiger charge is 2.55. The molecule has 7 heteroatoms. The van der Waals surface area contributed by atoms with E-state index in [1.54, 1.807) is 9.80 Å². The van der Waals surface area contributed by atoms with Crippen molar-refractivity contribution in [2.45, 2.75) is 69.2 Å². The van der Waals surface area contributed by atoms with Crippen LogP contribution < -0.4 is 5.32 Å². The largest absolute Gasteiger partial charge is 0.376 e. The Morgan fingerprint density at radius 3 is 2.58 bits per heavy atom. The highest BCUT2D eigenvalue weighted by atomic mass is 16.5. The summed E-state index contributed by atoms with van der Waals surface area (Å²) in [6.07, 6.45) is 6.69. The molecule has 0 bridgehead atoms. The third kappa shape index (κ3) is 2.71. The van der Waals surface area contributed by atoms with Crippen molar-refractivity contribution < 1.29 is 19.1 Å². The molecule has 4 unspecified atom stereocenters. The zero-order valence-electron chi connectivity index (χ0n) is 15.1. The lowest BCUT2D eigenvalue weighted by atomic mass is 9.84. The van der Waals surface area contributed by atoms with Crippen LogP contribution in [0.3, 0.4) is 0 Å². The highest BCUT2D eigenvalue weighted by Crippen LogP contribution is 2.35. The number of ether oxygens (including phenoxy) is 1. The maximum Gasteiger partial charge on any atom is 0.248 e. The summed E-state index contributed by atoms with van der Waals surface area (Å²) in [5.41, 5.74) is 0. The minimum atomic E-state index is -0.523. The first-order valence-electron chi connectivity index (χ1n) is 10.1. The Balaban J connectivity index is 1.26. The summed E-state index contributed by atoms with van der Waals surface area (Å²) in [4.78, 5) is 41.8. The molecule has 5 fully saturated rings. The van der Waals surface area contributed by atoms with Crippen molar-refractivity contribution in [3.8, 4) is 0 Å². The van der Waals surface area contributed by atoms with Crippen LogP contribution in [-0.2, 0) is 19.1 Å². The predicted molar refractivity (Wildman–Crippen MR) is 92.0 cm³/mol. The van der Waals surface area contributed by atoms with Crippen molar-refractivity contribution in [1.29, 1.82) is 0 Å². The van der Waals surface area contributed by atoms with Gasteiger partial charge in [-0.25, -0.2) is 0 Å². The molecular formula is C19H27N3O4. The van der Waals surface area contributed by atoms with E-state index in [-0.39, 0.29) is 41.8 Å². The SMILES string of the molecule is O=C(NC1CCN2C(=O)C3CC(OCC4CC4)CN3C(=O)C12)C1CCC1. The quantitative estimate of drug-likeness (QED) is 0.763. The third-order valence-electron chi connectivity index (χ3n) is 6.83. The van der Waals surface area contributed by atoms with Crippen LogP contribution in [0.4, 0.5) is 0 Å². The molecule has 2 saturated carbocycles. The zero-order chi connectivity index (χ0) is 17.8. The summed E-state index contributed by atoms with van der Waals surface area (Å²) >= 11 is 0. The van der Waals surface area contributed by atoms with Crippen LogP contribution in [0.5, 0.6) is 0 Å². The molecule has 0 radical (unpaired) electrons. The average Bonchev–Trinajstić information content (AvgIpc) is 3.14. The van der Waals surface area contributed by atoms with Crippen LogP contribution in [0.15, 0.2) is 0 Å². The van der Waals surface area contributed by atoms with E-state index in [4.69, 9.17) is 4.74 Å². The van der Waals surface area contributed by atoms with Crippen LogP contribution in [-0.4, -0.2) is 71.4 Å². The third-order valence-corrected chi connectivity index (χ3v) is 6.83. The summed E-state index contributed by atoms with van der Waals surface area (Å²) in [7, 11) is 0. The van der Waals surface area contributed by atoms with Crippen molar-refractivity contribution in [2.75, 3.05) is 19.7 Å². The Labute approximate surface area is 153 Å². The first-order valence-corrected chi connectivity index (χ1v) is 10.1. The lowest BCUT2D eigenvalue weighted by Gasteiger charge is -2.40. The van der Waals surface area contributed by atoms with E-state index in [9.17, 15) is 14.4 Å². The molecule has 0 spiro atoms. The number of nitrogens with zero attached hydrogens (tertiary/aromatic N) is 2. The maximum atomic E-state index is 13.1. The van der Waals surface area contributed by atoms with Gasteiger partial charge < -0.3 is 19.9 Å². The van der Waals surface area contributed by atoms with Crippen LogP contribution in [0, 0.1) is 11.8 Å². The first-order chi connectivity index (χ1) is 12.6. The van der Waals surface area contributed by atoms with Crippen molar-refractivity contribution >= 4 is 17.7 Å². The Bertz CT molecular complexity index is 630. The van der Waals surface area contributed by atoms with Gasteiger partial charge in [-0.2, -0.15) is 0 Å². The Morgan fingerprint density at radius 1 is 1.08 bits per heavy atom. The normalized spacial score (nSPS) is 36.8.